The minimum absolute atomic E-state index is 0.0294. The molecule has 1 atom stereocenters. The van der Waals surface area contributed by atoms with Gasteiger partial charge in [0.15, 0.2) is 5.69 Å². The topological polar surface area (TPSA) is 105 Å². The monoisotopic (exact) mass is 283 g/mol. The SMILES string of the molecule is O=C(O)c1ccc([N+](=O)[O-])c(NCC2CCSC2)n1. The first kappa shape index (κ1) is 13.6. The number of carboxylic acids is 1. The molecule has 102 valence electrons. The van der Waals surface area contributed by atoms with Gasteiger partial charge in [-0.1, -0.05) is 0 Å². The third kappa shape index (κ3) is 3.34. The molecule has 2 heterocycles. The highest BCUT2D eigenvalue weighted by molar-refractivity contribution is 7.99. The third-order valence-electron chi connectivity index (χ3n) is 2.87. The lowest BCUT2D eigenvalue weighted by molar-refractivity contribution is -0.384. The number of thioether (sulfide) groups is 1. The zero-order valence-corrected chi connectivity index (χ0v) is 10.9. The molecule has 0 aromatic carbocycles. The number of hydrogen-bond donors (Lipinski definition) is 2. The van der Waals surface area contributed by atoms with Crippen LogP contribution in [0.3, 0.4) is 0 Å². The van der Waals surface area contributed by atoms with E-state index < -0.39 is 10.9 Å². The average Bonchev–Trinajstić information content (AvgIpc) is 2.88. The number of carbonyl (C=O) groups is 1. The maximum Gasteiger partial charge on any atom is 0.354 e. The highest BCUT2D eigenvalue weighted by atomic mass is 32.2. The molecule has 0 spiro atoms. The number of rotatable bonds is 5. The Morgan fingerprint density at radius 1 is 1.63 bits per heavy atom. The Hall–Kier alpha value is -1.83. The second kappa shape index (κ2) is 5.87. The fraction of sp³-hybridized carbons (Fsp3) is 0.455. The van der Waals surface area contributed by atoms with Crippen LogP contribution in [-0.2, 0) is 0 Å². The van der Waals surface area contributed by atoms with Crippen LogP contribution < -0.4 is 5.32 Å². The molecule has 1 aliphatic rings. The number of hydrogen-bond acceptors (Lipinski definition) is 6. The van der Waals surface area contributed by atoms with Gasteiger partial charge in [-0.05, 0) is 29.9 Å². The van der Waals surface area contributed by atoms with Crippen LogP contribution >= 0.6 is 11.8 Å². The van der Waals surface area contributed by atoms with Crippen molar-refractivity contribution >= 4 is 29.2 Å². The van der Waals surface area contributed by atoms with Crippen molar-refractivity contribution in [2.75, 3.05) is 23.4 Å². The average molecular weight is 283 g/mol. The second-order valence-electron chi connectivity index (χ2n) is 4.24. The molecule has 1 saturated heterocycles. The van der Waals surface area contributed by atoms with Crippen molar-refractivity contribution in [1.29, 1.82) is 0 Å². The van der Waals surface area contributed by atoms with Gasteiger partial charge < -0.3 is 10.4 Å². The smallest absolute Gasteiger partial charge is 0.354 e. The number of carboxylic acid groups (broad SMARTS) is 1. The maximum absolute atomic E-state index is 10.9. The van der Waals surface area contributed by atoms with Gasteiger partial charge in [-0.15, -0.1) is 0 Å². The van der Waals surface area contributed by atoms with E-state index in [-0.39, 0.29) is 17.2 Å². The summed E-state index contributed by atoms with van der Waals surface area (Å²) < 4.78 is 0. The minimum atomic E-state index is -1.20. The van der Waals surface area contributed by atoms with Crippen molar-refractivity contribution < 1.29 is 14.8 Å². The lowest BCUT2D eigenvalue weighted by Gasteiger charge is -2.11. The summed E-state index contributed by atoms with van der Waals surface area (Å²) in [6.07, 6.45) is 1.06. The summed E-state index contributed by atoms with van der Waals surface area (Å²) in [4.78, 5) is 24.9. The molecule has 0 amide bonds. The highest BCUT2D eigenvalue weighted by Gasteiger charge is 2.21. The van der Waals surface area contributed by atoms with Gasteiger partial charge >= 0.3 is 11.7 Å². The number of aromatic carboxylic acids is 1. The molecule has 2 rings (SSSR count). The molecule has 0 bridgehead atoms. The van der Waals surface area contributed by atoms with E-state index in [4.69, 9.17) is 5.11 Å². The highest BCUT2D eigenvalue weighted by Crippen LogP contribution is 2.26. The largest absolute Gasteiger partial charge is 0.477 e. The Morgan fingerprint density at radius 2 is 2.42 bits per heavy atom. The van der Waals surface area contributed by atoms with Crippen molar-refractivity contribution in [1.82, 2.24) is 4.98 Å². The van der Waals surface area contributed by atoms with E-state index in [1.165, 1.54) is 6.07 Å². The Labute approximate surface area is 113 Å². The summed E-state index contributed by atoms with van der Waals surface area (Å²) >= 11 is 1.85. The van der Waals surface area contributed by atoms with Gasteiger partial charge in [-0.3, -0.25) is 10.1 Å². The number of nitro groups is 1. The Kier molecular flexibility index (Phi) is 4.20. The van der Waals surface area contributed by atoms with Gasteiger partial charge in [-0.2, -0.15) is 11.8 Å². The second-order valence-corrected chi connectivity index (χ2v) is 5.39. The molecule has 0 saturated carbocycles. The zero-order chi connectivity index (χ0) is 13.8. The van der Waals surface area contributed by atoms with Crippen molar-refractivity contribution in [3.8, 4) is 0 Å². The number of anilines is 1. The predicted molar refractivity (Wildman–Crippen MR) is 71.8 cm³/mol. The Morgan fingerprint density at radius 3 is 3.00 bits per heavy atom. The van der Waals surface area contributed by atoms with Gasteiger partial charge in [0.05, 0.1) is 4.92 Å². The Balaban J connectivity index is 2.16. The molecule has 7 nitrogen and oxygen atoms in total. The zero-order valence-electron chi connectivity index (χ0n) is 10.0. The van der Waals surface area contributed by atoms with E-state index in [0.29, 0.717) is 12.5 Å². The lowest BCUT2D eigenvalue weighted by atomic mass is 10.1. The number of pyridine rings is 1. The first-order valence-electron chi connectivity index (χ1n) is 5.78. The number of nitrogens with zero attached hydrogens (tertiary/aromatic N) is 2. The van der Waals surface area contributed by atoms with E-state index in [1.54, 1.807) is 0 Å². The van der Waals surface area contributed by atoms with Crippen LogP contribution in [0.2, 0.25) is 0 Å². The molecule has 1 aromatic heterocycles. The van der Waals surface area contributed by atoms with Crippen LogP contribution in [0, 0.1) is 16.0 Å². The quantitative estimate of drug-likeness (QED) is 0.627. The fourth-order valence-corrected chi connectivity index (χ4v) is 3.12. The molecule has 2 N–H and O–H groups in total. The van der Waals surface area contributed by atoms with Crippen molar-refractivity contribution in [2.45, 2.75) is 6.42 Å². The van der Waals surface area contributed by atoms with Crippen LogP contribution in [-0.4, -0.2) is 39.0 Å². The molecule has 8 heteroatoms. The van der Waals surface area contributed by atoms with Crippen molar-refractivity contribution in [3.05, 3.63) is 27.9 Å². The molecule has 1 unspecified atom stereocenters. The van der Waals surface area contributed by atoms with Crippen molar-refractivity contribution in [3.63, 3.8) is 0 Å². The van der Waals surface area contributed by atoms with Crippen LogP contribution in [0.15, 0.2) is 12.1 Å². The summed E-state index contributed by atoms with van der Waals surface area (Å²) in [5.74, 6) is 1.38. The summed E-state index contributed by atoms with van der Waals surface area (Å²) in [5.41, 5.74) is -0.399. The van der Waals surface area contributed by atoms with Crippen LogP contribution in [0.25, 0.3) is 0 Å². The van der Waals surface area contributed by atoms with E-state index in [0.717, 1.165) is 24.0 Å². The van der Waals surface area contributed by atoms with Crippen molar-refractivity contribution in [2.24, 2.45) is 5.92 Å². The normalized spacial score (nSPS) is 18.2. The lowest BCUT2D eigenvalue weighted by Crippen LogP contribution is -2.16. The summed E-state index contributed by atoms with van der Waals surface area (Å²) in [6, 6.07) is 2.30. The molecule has 19 heavy (non-hydrogen) atoms. The molecule has 0 aliphatic carbocycles. The predicted octanol–water partition coefficient (Wildman–Crippen LogP) is 1.85. The summed E-state index contributed by atoms with van der Waals surface area (Å²) in [7, 11) is 0. The minimum Gasteiger partial charge on any atom is -0.477 e. The summed E-state index contributed by atoms with van der Waals surface area (Å²) in [5, 5.41) is 22.6. The molecule has 0 radical (unpaired) electrons. The van der Waals surface area contributed by atoms with E-state index in [1.807, 2.05) is 11.8 Å². The standard InChI is InChI=1S/C11H13N3O4S/c15-11(16)8-1-2-9(14(17)18)10(13-8)12-5-7-3-4-19-6-7/h1-2,7H,3-6H2,(H,12,13)(H,15,16). The van der Waals surface area contributed by atoms with Crippen LogP contribution in [0.5, 0.6) is 0 Å². The number of aromatic nitrogens is 1. The molecule has 1 aromatic rings. The van der Waals surface area contributed by atoms with Crippen LogP contribution in [0.4, 0.5) is 11.5 Å². The van der Waals surface area contributed by atoms with Crippen LogP contribution in [0.1, 0.15) is 16.9 Å². The van der Waals surface area contributed by atoms with Gasteiger partial charge in [0.2, 0.25) is 5.82 Å². The van der Waals surface area contributed by atoms with E-state index in [2.05, 4.69) is 10.3 Å². The fourth-order valence-electron chi connectivity index (χ4n) is 1.83. The van der Waals surface area contributed by atoms with Gasteiger partial charge in [-0.25, -0.2) is 9.78 Å². The van der Waals surface area contributed by atoms with Gasteiger partial charge in [0.25, 0.3) is 0 Å². The van der Waals surface area contributed by atoms with Gasteiger partial charge in [0.1, 0.15) is 0 Å². The third-order valence-corrected chi connectivity index (χ3v) is 4.10. The molecular formula is C11H13N3O4S. The Bertz CT molecular complexity index is 503. The summed E-state index contributed by atoms with van der Waals surface area (Å²) in [6.45, 7) is 0.573. The molecular weight excluding hydrogens is 270 g/mol. The first-order valence-corrected chi connectivity index (χ1v) is 6.93. The number of nitrogens with one attached hydrogen (secondary N) is 1. The van der Waals surface area contributed by atoms with Gasteiger partial charge in [0, 0.05) is 12.6 Å². The van der Waals surface area contributed by atoms with E-state index in [9.17, 15) is 14.9 Å². The molecule has 1 fully saturated rings. The first-order chi connectivity index (χ1) is 9.08. The molecule has 1 aliphatic heterocycles. The maximum atomic E-state index is 10.9. The van der Waals surface area contributed by atoms with E-state index >= 15 is 0 Å².